The highest BCUT2D eigenvalue weighted by Crippen LogP contribution is 2.53. The Morgan fingerprint density at radius 3 is 2.25 bits per heavy atom. The van der Waals surface area contributed by atoms with Gasteiger partial charge < -0.3 is 24.1 Å². The molecule has 1 N–H and O–H groups in total. The third-order valence-electron chi connectivity index (χ3n) is 9.71. The number of nitrogens with zero attached hydrogens (tertiary/aromatic N) is 2. The fraction of sp³-hybridized carbons (Fsp3) is 0.326. The van der Waals surface area contributed by atoms with Crippen LogP contribution in [0, 0.1) is 6.92 Å². The van der Waals surface area contributed by atoms with Gasteiger partial charge in [0.05, 0.1) is 19.9 Å². The summed E-state index contributed by atoms with van der Waals surface area (Å²) in [7, 11) is 1.45. The van der Waals surface area contributed by atoms with E-state index in [1.807, 2.05) is 79.7 Å². The molecule has 1 amide bonds. The van der Waals surface area contributed by atoms with E-state index in [9.17, 15) is 18.0 Å². The zero-order chi connectivity index (χ0) is 39.0. The van der Waals surface area contributed by atoms with E-state index in [4.69, 9.17) is 14.2 Å². The number of fused-ring (bicyclic) bond motifs is 3. The van der Waals surface area contributed by atoms with Gasteiger partial charge in [-0.2, -0.15) is 13.2 Å². The first-order chi connectivity index (χ1) is 26.5. The van der Waals surface area contributed by atoms with Gasteiger partial charge in [0.2, 0.25) is 5.91 Å². The van der Waals surface area contributed by atoms with Crippen molar-refractivity contribution in [1.29, 1.82) is 0 Å². The van der Waals surface area contributed by atoms with E-state index in [-0.39, 0.29) is 18.8 Å². The Kier molecular flexibility index (Phi) is 12.5. The second kappa shape index (κ2) is 17.5. The molecule has 12 heteroatoms. The maximum atomic E-state index is 15.1. The van der Waals surface area contributed by atoms with Crippen molar-refractivity contribution in [3.05, 3.63) is 131 Å². The third kappa shape index (κ3) is 9.19. The summed E-state index contributed by atoms with van der Waals surface area (Å²) in [5, 5.41) is 0.595. The number of thioether (sulfide) groups is 1. The van der Waals surface area contributed by atoms with Gasteiger partial charge in [0.15, 0.2) is 5.16 Å². The first-order valence-electron chi connectivity index (χ1n) is 18.3. The Balaban J connectivity index is 1.24. The predicted octanol–water partition coefficient (Wildman–Crippen LogP) is 9.69. The molecule has 0 fully saturated rings. The largest absolute Gasteiger partial charge is 0.496 e. The number of esters is 1. The summed E-state index contributed by atoms with van der Waals surface area (Å²) in [6, 6.07) is 28.0. The molecule has 1 heterocycles. The standard InChI is InChI=1S/C43H44F3N3O5S/c1-4-53-39(50)37-25-47-41(48-37)55-23-11-5-10-22-42(35-14-8-6-12-33(35)34-13-7-9-15-36(34)42)40(51)49(28-43(44,45)46)26-31-20-21-32(24-38(31)52-3)54-27-30-18-16-29(2)17-19-30/h6-9,12-21,24-25H,4-5,10-11,22-23,26-28H2,1-3H3,(H,47,48). The molecule has 0 atom stereocenters. The van der Waals surface area contributed by atoms with Crippen LogP contribution in [-0.4, -0.2) is 58.9 Å². The topological polar surface area (TPSA) is 93.8 Å². The molecule has 0 unspecified atom stereocenters. The quantitative estimate of drug-likeness (QED) is 0.0572. The lowest BCUT2D eigenvalue weighted by Gasteiger charge is -2.37. The average Bonchev–Trinajstić information content (AvgIpc) is 3.77. The predicted molar refractivity (Wildman–Crippen MR) is 206 cm³/mol. The normalized spacial score (nSPS) is 12.8. The molecule has 0 aliphatic heterocycles. The number of alkyl halides is 3. The molecule has 5 aromatic rings. The number of carbonyl (C=O) groups excluding carboxylic acids is 2. The van der Waals surface area contributed by atoms with Crippen LogP contribution in [0.25, 0.3) is 11.1 Å². The number of unbranched alkanes of at least 4 members (excludes halogenated alkanes) is 2. The highest BCUT2D eigenvalue weighted by molar-refractivity contribution is 7.99. The van der Waals surface area contributed by atoms with E-state index < -0.39 is 30.0 Å². The molecule has 288 valence electrons. The number of nitrogens with one attached hydrogen (secondary N) is 1. The minimum Gasteiger partial charge on any atom is -0.496 e. The smallest absolute Gasteiger partial charge is 0.406 e. The highest BCUT2D eigenvalue weighted by atomic mass is 32.2. The fourth-order valence-electron chi connectivity index (χ4n) is 7.15. The Hall–Kier alpha value is -5.23. The van der Waals surface area contributed by atoms with Crippen LogP contribution in [0.15, 0.2) is 102 Å². The Bertz CT molecular complexity index is 2050. The molecule has 1 aliphatic rings. The summed E-state index contributed by atoms with van der Waals surface area (Å²) >= 11 is 1.47. The van der Waals surface area contributed by atoms with Crippen LogP contribution in [0.4, 0.5) is 13.2 Å². The van der Waals surface area contributed by atoms with Gasteiger partial charge in [0, 0.05) is 23.9 Å². The van der Waals surface area contributed by atoms with Crippen molar-refractivity contribution in [2.45, 2.75) is 69.4 Å². The number of rotatable bonds is 17. The summed E-state index contributed by atoms with van der Waals surface area (Å²) in [4.78, 5) is 35.3. The molecular formula is C43H44F3N3O5S. The maximum absolute atomic E-state index is 15.1. The van der Waals surface area contributed by atoms with Crippen molar-refractivity contribution < 1.29 is 37.0 Å². The number of ether oxygens (including phenoxy) is 3. The van der Waals surface area contributed by atoms with Crippen molar-refractivity contribution in [3.8, 4) is 22.6 Å². The van der Waals surface area contributed by atoms with E-state index in [0.29, 0.717) is 58.5 Å². The molecule has 0 spiro atoms. The van der Waals surface area contributed by atoms with Crippen molar-refractivity contribution in [3.63, 3.8) is 0 Å². The van der Waals surface area contributed by atoms with Gasteiger partial charge in [0.1, 0.15) is 35.8 Å². The highest BCUT2D eigenvalue weighted by Gasteiger charge is 2.51. The van der Waals surface area contributed by atoms with Crippen molar-refractivity contribution in [1.82, 2.24) is 14.9 Å². The molecule has 0 saturated carbocycles. The molecule has 8 nitrogen and oxygen atoms in total. The van der Waals surface area contributed by atoms with Crippen LogP contribution in [0.1, 0.15) is 70.9 Å². The number of aromatic nitrogens is 2. The van der Waals surface area contributed by atoms with E-state index in [2.05, 4.69) is 9.97 Å². The summed E-state index contributed by atoms with van der Waals surface area (Å²) in [5.74, 6) is 0.433. The molecule has 0 radical (unpaired) electrons. The van der Waals surface area contributed by atoms with Crippen molar-refractivity contribution >= 4 is 23.6 Å². The maximum Gasteiger partial charge on any atom is 0.406 e. The number of aryl methyl sites for hydroxylation is 1. The Morgan fingerprint density at radius 1 is 0.909 bits per heavy atom. The summed E-state index contributed by atoms with van der Waals surface area (Å²) in [6.07, 6.45) is -0.839. The van der Waals surface area contributed by atoms with E-state index in [1.165, 1.54) is 25.1 Å². The first kappa shape index (κ1) is 39.5. The summed E-state index contributed by atoms with van der Waals surface area (Å²) in [6.45, 7) is 2.56. The lowest BCUT2D eigenvalue weighted by atomic mass is 9.72. The minimum absolute atomic E-state index is 0.263. The number of halogens is 3. The van der Waals surface area contributed by atoms with Crippen molar-refractivity contribution in [2.75, 3.05) is 26.0 Å². The number of methoxy groups -OCH3 is 1. The molecule has 55 heavy (non-hydrogen) atoms. The van der Waals surface area contributed by atoms with Crippen LogP contribution >= 0.6 is 11.8 Å². The SMILES string of the molecule is CCOC(=O)c1cnc(SCCCCCC2(C(=O)N(Cc3ccc(OCc4ccc(C)cc4)cc3OC)CC(F)(F)F)c3ccccc3-c3ccccc32)[nH]1. The number of carbonyl (C=O) groups is 2. The number of aromatic amines is 1. The minimum atomic E-state index is -4.66. The number of amides is 1. The van der Waals surface area contributed by atoms with Gasteiger partial charge in [-0.15, -0.1) is 0 Å². The number of imidazole rings is 1. The molecule has 0 bridgehead atoms. The van der Waals surface area contributed by atoms with Gasteiger partial charge in [-0.25, -0.2) is 9.78 Å². The van der Waals surface area contributed by atoms with E-state index >= 15 is 4.79 Å². The summed E-state index contributed by atoms with van der Waals surface area (Å²) in [5.41, 5.74) is 4.57. The molecule has 6 rings (SSSR count). The Morgan fingerprint density at radius 2 is 1.60 bits per heavy atom. The number of H-pyrrole nitrogens is 1. The third-order valence-corrected chi connectivity index (χ3v) is 10.7. The lowest BCUT2D eigenvalue weighted by Crippen LogP contribution is -2.49. The lowest BCUT2D eigenvalue weighted by molar-refractivity contribution is -0.165. The fourth-order valence-corrected chi connectivity index (χ4v) is 8.00. The Labute approximate surface area is 323 Å². The second-order valence-electron chi connectivity index (χ2n) is 13.5. The molecule has 0 saturated heterocycles. The first-order valence-corrected chi connectivity index (χ1v) is 19.3. The van der Waals surface area contributed by atoms with E-state index in [0.717, 1.165) is 40.0 Å². The monoisotopic (exact) mass is 771 g/mol. The van der Waals surface area contributed by atoms with Crippen LogP contribution in [0.2, 0.25) is 0 Å². The van der Waals surface area contributed by atoms with Crippen LogP contribution in [0.5, 0.6) is 11.5 Å². The van der Waals surface area contributed by atoms with Gasteiger partial charge in [-0.05, 0) is 66.6 Å². The average molecular weight is 772 g/mol. The molecule has 4 aromatic carbocycles. The number of hydrogen-bond donors (Lipinski definition) is 1. The van der Waals surface area contributed by atoms with Gasteiger partial charge >= 0.3 is 12.1 Å². The molecule has 1 aliphatic carbocycles. The molecule has 1 aromatic heterocycles. The van der Waals surface area contributed by atoms with Crippen LogP contribution in [-0.2, 0) is 28.1 Å². The van der Waals surface area contributed by atoms with Crippen LogP contribution < -0.4 is 9.47 Å². The zero-order valence-corrected chi connectivity index (χ0v) is 31.9. The van der Waals surface area contributed by atoms with E-state index in [1.54, 1.807) is 25.1 Å². The van der Waals surface area contributed by atoms with Gasteiger partial charge in [-0.3, -0.25) is 4.79 Å². The van der Waals surface area contributed by atoms with Gasteiger partial charge in [-0.1, -0.05) is 103 Å². The summed E-state index contributed by atoms with van der Waals surface area (Å²) < 4.78 is 60.0. The number of hydrogen-bond acceptors (Lipinski definition) is 7. The van der Waals surface area contributed by atoms with Gasteiger partial charge in [0.25, 0.3) is 0 Å². The second-order valence-corrected chi connectivity index (χ2v) is 14.6. The number of benzene rings is 4. The van der Waals surface area contributed by atoms with Crippen LogP contribution in [0.3, 0.4) is 0 Å². The van der Waals surface area contributed by atoms with Crippen molar-refractivity contribution in [2.24, 2.45) is 0 Å². The molecular weight excluding hydrogens is 728 g/mol. The zero-order valence-electron chi connectivity index (χ0n) is 31.1.